The number of nitrogens with one attached hydrogen (secondary N) is 4. The van der Waals surface area contributed by atoms with Gasteiger partial charge >= 0.3 is 0 Å². The van der Waals surface area contributed by atoms with Gasteiger partial charge in [-0.1, -0.05) is 66.7 Å². The smallest absolute Gasteiger partial charge is 0.295 e. The molecule has 64 heavy (non-hydrogen) atoms. The maximum atomic E-state index is 12.7. The van der Waals surface area contributed by atoms with Crippen molar-refractivity contribution in [3.05, 3.63) is 114 Å². The van der Waals surface area contributed by atoms with Crippen molar-refractivity contribution in [1.82, 2.24) is 29.9 Å². The number of aliphatic hydroxyl groups is 2. The van der Waals surface area contributed by atoms with E-state index < -0.39 is 26.8 Å². The molecule has 0 atom stereocenters. The third kappa shape index (κ3) is 13.6. The first-order chi connectivity index (χ1) is 30.8. The summed E-state index contributed by atoms with van der Waals surface area (Å²) in [4.78, 5) is 52.9. The van der Waals surface area contributed by atoms with E-state index in [1.807, 2.05) is 48.5 Å². The van der Waals surface area contributed by atoms with Gasteiger partial charge in [-0.25, -0.2) is 0 Å². The molecule has 4 aromatic carbocycles. The molecular formula is C42H46N14O7S. The molecule has 332 valence electrons. The molecule has 2 heterocycles. The number of aliphatic hydroxyl groups excluding tert-OH is 2. The predicted molar refractivity (Wildman–Crippen MR) is 244 cm³/mol. The van der Waals surface area contributed by atoms with E-state index in [4.69, 9.17) is 11.5 Å². The Kier molecular flexibility index (Phi) is 15.6. The molecule has 0 unspecified atom stereocenters. The van der Waals surface area contributed by atoms with E-state index in [0.29, 0.717) is 16.9 Å². The van der Waals surface area contributed by atoms with Crippen LogP contribution in [0.4, 0.5) is 58.4 Å². The summed E-state index contributed by atoms with van der Waals surface area (Å²) in [6.45, 7) is -0.000181. The van der Waals surface area contributed by atoms with Gasteiger partial charge in [-0.15, -0.1) is 0 Å². The van der Waals surface area contributed by atoms with Crippen molar-refractivity contribution in [3.63, 3.8) is 0 Å². The summed E-state index contributed by atoms with van der Waals surface area (Å²) in [5.74, 6) is -0.288. The lowest BCUT2D eigenvalue weighted by Gasteiger charge is -2.22. The number of hydrogen-bond acceptors (Lipinski definition) is 18. The van der Waals surface area contributed by atoms with Gasteiger partial charge in [0.05, 0.1) is 13.2 Å². The van der Waals surface area contributed by atoms with E-state index in [2.05, 4.69) is 51.2 Å². The van der Waals surface area contributed by atoms with Crippen molar-refractivity contribution in [2.75, 3.05) is 70.5 Å². The third-order valence-corrected chi connectivity index (χ3v) is 9.95. The van der Waals surface area contributed by atoms with Crippen LogP contribution in [0.5, 0.6) is 0 Å². The highest BCUT2D eigenvalue weighted by atomic mass is 32.2. The number of hydrogen-bond donors (Lipinski definition) is 9. The van der Waals surface area contributed by atoms with Crippen molar-refractivity contribution in [2.24, 2.45) is 11.5 Å². The third-order valence-electron chi connectivity index (χ3n) is 9.04. The lowest BCUT2D eigenvalue weighted by Crippen LogP contribution is -2.32. The van der Waals surface area contributed by atoms with Crippen LogP contribution in [0.1, 0.15) is 24.0 Å². The van der Waals surface area contributed by atoms with Gasteiger partial charge in [0.15, 0.2) is 0 Å². The quantitative estimate of drug-likeness (QED) is 0.0326. The topological polar surface area (TPSA) is 313 Å². The summed E-state index contributed by atoms with van der Waals surface area (Å²) >= 11 is 0. The lowest BCUT2D eigenvalue weighted by atomic mass is 10.1. The summed E-state index contributed by atoms with van der Waals surface area (Å²) in [6.07, 6.45) is 3.18. The Morgan fingerprint density at radius 2 is 0.953 bits per heavy atom. The second-order valence-electron chi connectivity index (χ2n) is 13.8. The van der Waals surface area contributed by atoms with Gasteiger partial charge in [0, 0.05) is 61.8 Å². The highest BCUT2D eigenvalue weighted by Gasteiger charge is 2.19. The summed E-state index contributed by atoms with van der Waals surface area (Å²) in [5, 5.41) is 31.8. The van der Waals surface area contributed by atoms with E-state index in [9.17, 15) is 32.8 Å². The summed E-state index contributed by atoms with van der Waals surface area (Å²) < 4.78 is 35.7. The number of benzene rings is 4. The average Bonchev–Trinajstić information content (AvgIpc) is 3.26. The van der Waals surface area contributed by atoms with Crippen LogP contribution in [0.3, 0.4) is 0 Å². The highest BCUT2D eigenvalue weighted by molar-refractivity contribution is 7.86. The molecule has 6 rings (SSSR count). The molecule has 0 aliphatic carbocycles. The molecule has 21 nitrogen and oxygen atoms in total. The Morgan fingerprint density at radius 1 is 0.547 bits per heavy atom. The minimum atomic E-state index is -4.74. The Hall–Kier alpha value is -7.79. The van der Waals surface area contributed by atoms with Crippen LogP contribution < -0.4 is 42.5 Å². The first-order valence-corrected chi connectivity index (χ1v) is 21.2. The van der Waals surface area contributed by atoms with Gasteiger partial charge in [-0.05, 0) is 59.7 Å². The van der Waals surface area contributed by atoms with E-state index in [1.54, 1.807) is 58.3 Å². The van der Waals surface area contributed by atoms with Gasteiger partial charge in [0.25, 0.3) is 10.1 Å². The van der Waals surface area contributed by atoms with Gasteiger partial charge < -0.3 is 52.7 Å². The molecule has 22 heteroatoms. The van der Waals surface area contributed by atoms with Crippen molar-refractivity contribution < 1.29 is 32.8 Å². The lowest BCUT2D eigenvalue weighted by molar-refractivity contribution is -0.118. The second kappa shape index (κ2) is 21.8. The molecule has 0 radical (unpaired) electrons. The molecule has 0 aliphatic rings. The van der Waals surface area contributed by atoms with Crippen molar-refractivity contribution in [2.45, 2.75) is 17.7 Å². The highest BCUT2D eigenvalue weighted by Crippen LogP contribution is 2.27. The van der Waals surface area contributed by atoms with Gasteiger partial charge in [0.1, 0.15) is 4.90 Å². The minimum absolute atomic E-state index is 0.00800. The van der Waals surface area contributed by atoms with E-state index in [0.717, 1.165) is 5.69 Å². The van der Waals surface area contributed by atoms with Crippen LogP contribution in [0.15, 0.2) is 108 Å². The molecule has 0 aliphatic heterocycles. The van der Waals surface area contributed by atoms with E-state index >= 15 is 0 Å². The second-order valence-corrected chi connectivity index (χ2v) is 15.2. The van der Waals surface area contributed by atoms with Gasteiger partial charge in [0.2, 0.25) is 47.5 Å². The molecule has 0 fully saturated rings. The van der Waals surface area contributed by atoms with Crippen molar-refractivity contribution >= 4 is 92.5 Å². The van der Waals surface area contributed by atoms with Crippen LogP contribution in [0.2, 0.25) is 0 Å². The number of amides is 2. The fourth-order valence-corrected chi connectivity index (χ4v) is 6.70. The number of carbonyl (C=O) groups excluding carboxylic acids is 2. The molecule has 0 saturated carbocycles. The molecule has 0 bridgehead atoms. The summed E-state index contributed by atoms with van der Waals surface area (Å²) in [5.41, 5.74) is 13.8. The van der Waals surface area contributed by atoms with Crippen molar-refractivity contribution in [3.8, 4) is 0 Å². The van der Waals surface area contributed by atoms with Crippen LogP contribution in [0.25, 0.3) is 12.2 Å². The van der Waals surface area contributed by atoms with Gasteiger partial charge in [-0.2, -0.15) is 38.3 Å². The first kappa shape index (κ1) is 45.7. The standard InChI is InChI=1S/C42H46N14O7S/c43-35(59)19-21-55(23-25-57)41-51-37(45-30-7-3-1-4-8-30)49-39(53-41)47-32-16-12-28(13-17-32)11-14-29-15-18-33(27-34(29)64(61,62)63)48-40-50-38(46-31-9-5-2-6-10-31)52-42(54-40)56(24-26-58)22-20-36(44)60/h1-18,27,57-58H,19-26H2,(H2,43,59)(H2,44,60)(H,61,62,63)(H2,45,47,49,51,53)(H2,46,48,50,52,54). The zero-order chi connectivity index (χ0) is 45.5. The van der Waals surface area contributed by atoms with Crippen LogP contribution in [-0.4, -0.2) is 104 Å². The maximum absolute atomic E-state index is 12.7. The SMILES string of the molecule is NC(=O)CCN(CCO)c1nc(Nc2ccccc2)nc(Nc2ccc(C=Cc3ccc(Nc4nc(Nc5ccccc5)nc(N(CCO)CCC(N)=O)n4)cc3S(=O)(=O)O)cc2)n1. The largest absolute Gasteiger partial charge is 0.395 e. The Bertz CT molecular complexity index is 2660. The molecule has 2 aromatic heterocycles. The van der Waals surface area contributed by atoms with Crippen molar-refractivity contribution in [1.29, 1.82) is 0 Å². The van der Waals surface area contributed by atoms with Crippen LogP contribution in [0, 0.1) is 0 Å². The zero-order valence-corrected chi connectivity index (χ0v) is 35.1. The number of primary amides is 2. The molecule has 2 amide bonds. The number of para-hydroxylation sites is 2. The fourth-order valence-electron chi connectivity index (χ4n) is 5.99. The number of carbonyl (C=O) groups is 2. The molecule has 0 spiro atoms. The van der Waals surface area contributed by atoms with Crippen LogP contribution in [-0.2, 0) is 19.7 Å². The number of nitrogens with two attached hydrogens (primary N) is 2. The van der Waals surface area contributed by atoms with Gasteiger partial charge in [-0.3, -0.25) is 14.1 Å². The molecule has 11 N–H and O–H groups in total. The fraction of sp³-hybridized carbons (Fsp3) is 0.190. The molecule has 6 aromatic rings. The van der Waals surface area contributed by atoms with E-state index in [-0.39, 0.29) is 99.2 Å². The normalized spacial score (nSPS) is 11.2. The molecular weight excluding hydrogens is 845 g/mol. The molecule has 0 saturated heterocycles. The van der Waals surface area contributed by atoms with E-state index in [1.165, 1.54) is 18.2 Å². The minimum Gasteiger partial charge on any atom is -0.395 e. The number of nitrogens with zero attached hydrogens (tertiary/aromatic N) is 8. The predicted octanol–water partition coefficient (Wildman–Crippen LogP) is 3.80. The Labute approximate surface area is 368 Å². The number of anilines is 10. The summed E-state index contributed by atoms with van der Waals surface area (Å²) in [7, 11) is -4.74. The summed E-state index contributed by atoms with van der Waals surface area (Å²) in [6, 6.07) is 29.7. The Balaban J connectivity index is 1.23. The number of rotatable bonds is 23. The average molecular weight is 891 g/mol. The first-order valence-electron chi connectivity index (χ1n) is 19.7. The Morgan fingerprint density at radius 3 is 1.36 bits per heavy atom. The number of aromatic nitrogens is 6. The van der Waals surface area contributed by atoms with Crippen LogP contribution >= 0.6 is 0 Å². The monoisotopic (exact) mass is 890 g/mol. The zero-order valence-electron chi connectivity index (χ0n) is 34.2. The maximum Gasteiger partial charge on any atom is 0.295 e.